The number of halogens is 3. The largest absolute Gasteiger partial charge is 0.489 e. The van der Waals surface area contributed by atoms with Crippen molar-refractivity contribution in [3.63, 3.8) is 0 Å². The number of ether oxygens (including phenoxy) is 1. The monoisotopic (exact) mass is 296 g/mol. The first-order valence-electron chi connectivity index (χ1n) is 5.98. The van der Waals surface area contributed by atoms with E-state index in [9.17, 15) is 18.0 Å². The van der Waals surface area contributed by atoms with Crippen LogP contribution in [0.4, 0.5) is 13.2 Å². The number of carbonyl (C=O) groups is 1. The first-order chi connectivity index (χ1) is 9.86. The molecule has 0 bridgehead atoms. The van der Waals surface area contributed by atoms with Crippen LogP contribution in [0.3, 0.4) is 0 Å². The molecule has 0 aliphatic heterocycles. The van der Waals surface area contributed by atoms with Gasteiger partial charge in [0.2, 0.25) is 0 Å². The van der Waals surface area contributed by atoms with Crippen molar-refractivity contribution in [3.8, 4) is 5.75 Å². The third kappa shape index (κ3) is 3.98. The Balaban J connectivity index is 2.10. The molecule has 0 atom stereocenters. The average Bonchev–Trinajstić information content (AvgIpc) is 2.45. The highest BCUT2D eigenvalue weighted by molar-refractivity contribution is 5.87. The molecule has 0 heterocycles. The Labute approximate surface area is 118 Å². The van der Waals surface area contributed by atoms with Gasteiger partial charge < -0.3 is 9.84 Å². The van der Waals surface area contributed by atoms with Gasteiger partial charge in [0.25, 0.3) is 0 Å². The number of hydrogen-bond donors (Lipinski definition) is 1. The van der Waals surface area contributed by atoms with Crippen molar-refractivity contribution in [2.45, 2.75) is 12.8 Å². The average molecular weight is 296 g/mol. The maximum Gasteiger partial charge on any atom is 0.416 e. The summed E-state index contributed by atoms with van der Waals surface area (Å²) in [6.45, 7) is -0.0764. The molecular weight excluding hydrogens is 285 g/mol. The van der Waals surface area contributed by atoms with Crippen LogP contribution in [0.5, 0.6) is 5.75 Å². The summed E-state index contributed by atoms with van der Waals surface area (Å²) in [7, 11) is 0. The van der Waals surface area contributed by atoms with Gasteiger partial charge in [-0.25, -0.2) is 4.79 Å². The van der Waals surface area contributed by atoms with E-state index in [1.807, 2.05) is 0 Å². The lowest BCUT2D eigenvalue weighted by atomic mass is 10.1. The van der Waals surface area contributed by atoms with Crippen molar-refractivity contribution in [1.82, 2.24) is 0 Å². The molecule has 0 fully saturated rings. The molecule has 6 heteroatoms. The lowest BCUT2D eigenvalue weighted by Crippen LogP contribution is -2.06. The molecule has 2 rings (SSSR count). The molecular formula is C15H11F3O3. The summed E-state index contributed by atoms with van der Waals surface area (Å²) in [5.74, 6) is -0.813. The van der Waals surface area contributed by atoms with E-state index >= 15 is 0 Å². The fourth-order valence-corrected chi connectivity index (χ4v) is 1.72. The number of aromatic carboxylic acids is 1. The maximum absolute atomic E-state index is 12.6. The summed E-state index contributed by atoms with van der Waals surface area (Å²) in [6.07, 6.45) is -4.40. The zero-order valence-corrected chi connectivity index (χ0v) is 10.7. The van der Waals surface area contributed by atoms with Gasteiger partial charge in [-0.1, -0.05) is 18.2 Å². The van der Waals surface area contributed by atoms with E-state index in [2.05, 4.69) is 0 Å². The van der Waals surface area contributed by atoms with Gasteiger partial charge in [-0.15, -0.1) is 0 Å². The van der Waals surface area contributed by atoms with Crippen molar-refractivity contribution in [3.05, 3.63) is 65.2 Å². The zero-order chi connectivity index (χ0) is 15.5. The second-order valence-corrected chi connectivity index (χ2v) is 4.32. The van der Waals surface area contributed by atoms with Crippen molar-refractivity contribution >= 4 is 5.97 Å². The molecule has 0 amide bonds. The van der Waals surface area contributed by atoms with E-state index < -0.39 is 17.7 Å². The maximum atomic E-state index is 12.6. The van der Waals surface area contributed by atoms with Crippen LogP contribution in [-0.2, 0) is 12.8 Å². The minimum absolute atomic E-state index is 0.0524. The molecule has 0 spiro atoms. The molecule has 0 radical (unpaired) electrons. The Kier molecular flexibility index (Phi) is 4.16. The van der Waals surface area contributed by atoms with E-state index in [1.165, 1.54) is 30.3 Å². The van der Waals surface area contributed by atoms with E-state index in [0.29, 0.717) is 5.56 Å². The highest BCUT2D eigenvalue weighted by Crippen LogP contribution is 2.29. The lowest BCUT2D eigenvalue weighted by Gasteiger charge is -2.10. The fraction of sp³-hybridized carbons (Fsp3) is 0.133. The Bertz CT molecular complexity index is 651. The molecule has 0 saturated heterocycles. The molecule has 0 aromatic heterocycles. The number of carboxylic acids is 1. The third-order valence-corrected chi connectivity index (χ3v) is 2.74. The Morgan fingerprint density at radius 3 is 2.48 bits per heavy atom. The van der Waals surface area contributed by atoms with Gasteiger partial charge in [-0.05, 0) is 35.9 Å². The lowest BCUT2D eigenvalue weighted by molar-refractivity contribution is -0.137. The van der Waals surface area contributed by atoms with E-state index in [0.717, 1.165) is 12.1 Å². The summed E-state index contributed by atoms with van der Waals surface area (Å²) in [5.41, 5.74) is -0.343. The summed E-state index contributed by atoms with van der Waals surface area (Å²) in [4.78, 5) is 10.8. The zero-order valence-electron chi connectivity index (χ0n) is 10.7. The van der Waals surface area contributed by atoms with Crippen molar-refractivity contribution < 1.29 is 27.8 Å². The topological polar surface area (TPSA) is 46.5 Å². The molecule has 0 saturated carbocycles. The molecule has 0 unspecified atom stereocenters. The predicted molar refractivity (Wildman–Crippen MR) is 69.2 cm³/mol. The van der Waals surface area contributed by atoms with Gasteiger partial charge in [0.1, 0.15) is 12.4 Å². The molecule has 0 aliphatic carbocycles. The third-order valence-electron chi connectivity index (χ3n) is 2.74. The van der Waals surface area contributed by atoms with Crippen LogP contribution in [0.2, 0.25) is 0 Å². The second kappa shape index (κ2) is 5.87. The predicted octanol–water partition coefficient (Wildman–Crippen LogP) is 3.98. The highest BCUT2D eigenvalue weighted by atomic mass is 19.4. The SMILES string of the molecule is O=C(O)c1cccc(OCc2cccc(C(F)(F)F)c2)c1. The number of rotatable bonds is 4. The minimum atomic E-state index is -4.40. The van der Waals surface area contributed by atoms with E-state index in [-0.39, 0.29) is 17.9 Å². The van der Waals surface area contributed by atoms with E-state index in [1.54, 1.807) is 6.07 Å². The van der Waals surface area contributed by atoms with Crippen LogP contribution in [0.15, 0.2) is 48.5 Å². The summed E-state index contributed by atoms with van der Waals surface area (Å²) in [5, 5.41) is 8.84. The molecule has 1 N–H and O–H groups in total. The molecule has 2 aromatic carbocycles. The highest BCUT2D eigenvalue weighted by Gasteiger charge is 2.30. The molecule has 21 heavy (non-hydrogen) atoms. The quantitative estimate of drug-likeness (QED) is 0.928. The Morgan fingerprint density at radius 1 is 1.10 bits per heavy atom. The summed E-state index contributed by atoms with van der Waals surface area (Å²) in [6, 6.07) is 10.6. The summed E-state index contributed by atoms with van der Waals surface area (Å²) < 4.78 is 43.0. The summed E-state index contributed by atoms with van der Waals surface area (Å²) >= 11 is 0. The van der Waals surface area contributed by atoms with Gasteiger partial charge in [0.05, 0.1) is 11.1 Å². The smallest absolute Gasteiger partial charge is 0.416 e. The number of hydrogen-bond acceptors (Lipinski definition) is 2. The van der Waals surface area contributed by atoms with Crippen LogP contribution in [0.1, 0.15) is 21.5 Å². The van der Waals surface area contributed by atoms with Crippen molar-refractivity contribution in [1.29, 1.82) is 0 Å². The minimum Gasteiger partial charge on any atom is -0.489 e. The van der Waals surface area contributed by atoms with Crippen LogP contribution >= 0.6 is 0 Å². The second-order valence-electron chi connectivity index (χ2n) is 4.32. The molecule has 2 aromatic rings. The Morgan fingerprint density at radius 2 is 1.81 bits per heavy atom. The standard InChI is InChI=1S/C15H11F3O3/c16-15(17,18)12-5-1-3-10(7-12)9-21-13-6-2-4-11(8-13)14(19)20/h1-8H,9H2,(H,19,20). The fourth-order valence-electron chi connectivity index (χ4n) is 1.72. The van der Waals surface area contributed by atoms with Gasteiger partial charge >= 0.3 is 12.1 Å². The van der Waals surface area contributed by atoms with Gasteiger partial charge in [-0.2, -0.15) is 13.2 Å². The molecule has 0 aliphatic rings. The van der Waals surface area contributed by atoms with Gasteiger partial charge in [0.15, 0.2) is 0 Å². The Hall–Kier alpha value is -2.50. The first-order valence-corrected chi connectivity index (χ1v) is 5.98. The van der Waals surface area contributed by atoms with Crippen LogP contribution in [-0.4, -0.2) is 11.1 Å². The van der Waals surface area contributed by atoms with Gasteiger partial charge in [0, 0.05) is 0 Å². The number of carboxylic acid groups (broad SMARTS) is 1. The number of alkyl halides is 3. The molecule has 110 valence electrons. The van der Waals surface area contributed by atoms with Crippen LogP contribution < -0.4 is 4.74 Å². The molecule has 3 nitrogen and oxygen atoms in total. The first kappa shape index (κ1) is 14.9. The van der Waals surface area contributed by atoms with E-state index in [4.69, 9.17) is 9.84 Å². The normalized spacial score (nSPS) is 11.2. The van der Waals surface area contributed by atoms with Crippen molar-refractivity contribution in [2.24, 2.45) is 0 Å². The van der Waals surface area contributed by atoms with Crippen LogP contribution in [0, 0.1) is 0 Å². The van der Waals surface area contributed by atoms with Crippen molar-refractivity contribution in [2.75, 3.05) is 0 Å². The number of benzene rings is 2. The van der Waals surface area contributed by atoms with Gasteiger partial charge in [-0.3, -0.25) is 0 Å². The van der Waals surface area contributed by atoms with Crippen LogP contribution in [0.25, 0.3) is 0 Å².